The molecular weight excluding hydrogens is 574 g/mol. The fraction of sp³-hybridized carbons (Fsp3) is 0.743. The van der Waals surface area contributed by atoms with Gasteiger partial charge in [-0.1, -0.05) is 37.6 Å². The molecule has 2 saturated heterocycles. The Morgan fingerprint density at radius 3 is 2.16 bits per heavy atom. The Bertz CT molecular complexity index is 1220. The van der Waals surface area contributed by atoms with Gasteiger partial charge in [-0.3, -0.25) is 19.0 Å². The van der Waals surface area contributed by atoms with Crippen LogP contribution in [0.3, 0.4) is 0 Å². The van der Waals surface area contributed by atoms with Crippen LogP contribution in [0.5, 0.6) is 0 Å². The molecule has 1 saturated carbocycles. The summed E-state index contributed by atoms with van der Waals surface area (Å²) in [7, 11) is 3.57. The van der Waals surface area contributed by atoms with E-state index in [0.29, 0.717) is 24.5 Å². The van der Waals surface area contributed by atoms with Crippen molar-refractivity contribution in [1.29, 1.82) is 0 Å². The summed E-state index contributed by atoms with van der Waals surface area (Å²) in [6.07, 6.45) is 4.36. The van der Waals surface area contributed by atoms with Gasteiger partial charge in [-0.05, 0) is 83.4 Å². The van der Waals surface area contributed by atoms with Crippen molar-refractivity contribution in [2.45, 2.75) is 110 Å². The highest BCUT2D eigenvalue weighted by atomic mass is 35.5. The van der Waals surface area contributed by atoms with Crippen LogP contribution in [0.1, 0.15) is 92.1 Å². The molecule has 1 aromatic carbocycles. The molecule has 0 spiro atoms. The third-order valence-corrected chi connectivity index (χ3v) is 11.4. The number of likely N-dealkylation sites (N-methyl/N-ethyl adjacent to an activating group) is 2. The molecule has 3 aliphatic rings. The molecule has 1 aromatic rings. The second kappa shape index (κ2) is 12.7. The van der Waals surface area contributed by atoms with Crippen molar-refractivity contribution in [3.8, 4) is 0 Å². The lowest BCUT2D eigenvalue weighted by atomic mass is 9.74. The number of benzene rings is 1. The predicted molar refractivity (Wildman–Crippen MR) is 177 cm³/mol. The molecular formula is C35H57ClN5O3+. The molecule has 0 bridgehead atoms. The molecule has 1 unspecified atom stereocenters. The number of hydrogen-bond acceptors (Lipinski definition) is 5. The summed E-state index contributed by atoms with van der Waals surface area (Å²) in [6.45, 7) is 17.0. The number of quaternary nitrogens is 1. The number of carbonyl (C=O) groups excluding carboxylic acids is 3. The van der Waals surface area contributed by atoms with E-state index < -0.39 is 11.5 Å². The molecule has 44 heavy (non-hydrogen) atoms. The third kappa shape index (κ3) is 6.89. The van der Waals surface area contributed by atoms with Gasteiger partial charge in [-0.25, -0.2) is 4.79 Å². The highest BCUT2D eigenvalue weighted by Gasteiger charge is 2.59. The van der Waals surface area contributed by atoms with E-state index in [0.717, 1.165) is 37.8 Å². The topological polar surface area (TPSA) is 95.7 Å². The maximum absolute atomic E-state index is 15.0. The molecule has 4 rings (SSSR count). The predicted octanol–water partition coefficient (Wildman–Crippen LogP) is 4.80. The fourth-order valence-corrected chi connectivity index (χ4v) is 7.99. The highest BCUT2D eigenvalue weighted by Crippen LogP contribution is 2.44. The Morgan fingerprint density at radius 1 is 1.05 bits per heavy atom. The molecule has 3 fully saturated rings. The van der Waals surface area contributed by atoms with Crippen molar-refractivity contribution in [3.05, 3.63) is 34.9 Å². The lowest BCUT2D eigenvalue weighted by Crippen LogP contribution is -2.61. The summed E-state index contributed by atoms with van der Waals surface area (Å²) in [5, 5.41) is 3.52. The molecule has 246 valence electrons. The Balaban J connectivity index is 1.73. The summed E-state index contributed by atoms with van der Waals surface area (Å²) in [4.78, 5) is 47.3. The SMILES string of the molecule is CNC(=O)[C@@H]1C[C@H](N(C(=O)C(C)(C)CN)C2CCC(C)(C)CC2)C[N+]1(C)C(=O)[C@@H]1CN(C(C)(C)C)C[C@H]1c1ccc(Cl)cc1. The number of nitrogens with one attached hydrogen (secondary N) is 1. The molecule has 9 heteroatoms. The summed E-state index contributed by atoms with van der Waals surface area (Å²) in [6, 6.07) is 7.10. The van der Waals surface area contributed by atoms with Gasteiger partial charge in [0.25, 0.3) is 5.91 Å². The maximum atomic E-state index is 15.0. The van der Waals surface area contributed by atoms with E-state index in [-0.39, 0.29) is 63.6 Å². The van der Waals surface area contributed by atoms with Crippen molar-refractivity contribution in [2.75, 3.05) is 40.3 Å². The number of carbonyl (C=O) groups is 3. The van der Waals surface area contributed by atoms with Gasteiger partial charge in [0.2, 0.25) is 5.91 Å². The molecule has 0 radical (unpaired) electrons. The van der Waals surface area contributed by atoms with E-state index >= 15 is 0 Å². The molecule has 8 nitrogen and oxygen atoms in total. The van der Waals surface area contributed by atoms with E-state index in [1.165, 1.54) is 0 Å². The first-order chi connectivity index (χ1) is 20.3. The maximum Gasteiger partial charge on any atom is 0.319 e. The number of rotatable bonds is 7. The van der Waals surface area contributed by atoms with Gasteiger partial charge in [-0.15, -0.1) is 0 Å². The smallest absolute Gasteiger partial charge is 0.319 e. The third-order valence-electron chi connectivity index (χ3n) is 11.1. The largest absolute Gasteiger partial charge is 0.354 e. The number of halogens is 1. The van der Waals surface area contributed by atoms with Gasteiger partial charge in [0.1, 0.15) is 6.54 Å². The van der Waals surface area contributed by atoms with Gasteiger partial charge < -0.3 is 16.0 Å². The van der Waals surface area contributed by atoms with Crippen LogP contribution in [0.4, 0.5) is 0 Å². The number of nitrogens with zero attached hydrogens (tertiary/aromatic N) is 3. The zero-order valence-electron chi connectivity index (χ0n) is 28.6. The normalized spacial score (nSPS) is 29.9. The molecule has 3 amide bonds. The minimum atomic E-state index is -0.732. The van der Waals surface area contributed by atoms with Crippen LogP contribution < -0.4 is 11.1 Å². The molecule has 3 N–H and O–H groups in total. The van der Waals surface area contributed by atoms with Crippen LogP contribution in [-0.4, -0.2) is 95.9 Å². The standard InChI is InChI=1S/C35H56ClN5O3/c1-33(2,3)39-19-27(23-10-12-24(36)13-11-23)28(20-39)31(43)41(9)21-26(18-29(41)30(42)38-8)40(32(44)35(6,7)22-37)25-14-16-34(4,5)17-15-25/h10-13,25-29H,14-22,37H2,1-9H3/p+1/t26-,27-,28+,29-,41?/m0/s1. The Labute approximate surface area is 270 Å². The number of hydrogen-bond donors (Lipinski definition) is 2. The van der Waals surface area contributed by atoms with Crippen molar-refractivity contribution in [2.24, 2.45) is 22.5 Å². The highest BCUT2D eigenvalue weighted by molar-refractivity contribution is 6.30. The minimum Gasteiger partial charge on any atom is -0.354 e. The Hall–Kier alpha value is -2.00. The summed E-state index contributed by atoms with van der Waals surface area (Å²) in [5.41, 5.74) is 6.63. The van der Waals surface area contributed by atoms with Crippen molar-refractivity contribution < 1.29 is 18.9 Å². The zero-order valence-corrected chi connectivity index (χ0v) is 29.3. The molecule has 5 atom stereocenters. The first-order valence-electron chi connectivity index (χ1n) is 16.5. The second-order valence-electron chi connectivity index (χ2n) is 16.3. The molecule has 2 aliphatic heterocycles. The lowest BCUT2D eigenvalue weighted by Gasteiger charge is -2.45. The second-order valence-corrected chi connectivity index (χ2v) is 16.8. The van der Waals surface area contributed by atoms with Gasteiger partial charge in [0, 0.05) is 55.6 Å². The Kier molecular flexibility index (Phi) is 10.0. The molecule has 2 heterocycles. The quantitative estimate of drug-likeness (QED) is 0.422. The van der Waals surface area contributed by atoms with Gasteiger partial charge in [0.05, 0.1) is 24.4 Å². The summed E-state index contributed by atoms with van der Waals surface area (Å²) < 4.78 is -0.0118. The first-order valence-corrected chi connectivity index (χ1v) is 16.9. The van der Waals surface area contributed by atoms with Crippen LogP contribution in [0.25, 0.3) is 0 Å². The van der Waals surface area contributed by atoms with E-state index in [4.69, 9.17) is 17.3 Å². The van der Waals surface area contributed by atoms with Gasteiger partial charge >= 0.3 is 5.91 Å². The monoisotopic (exact) mass is 630 g/mol. The minimum absolute atomic E-state index is 0.0118. The van der Waals surface area contributed by atoms with Crippen LogP contribution >= 0.6 is 11.6 Å². The zero-order chi connectivity index (χ0) is 32.8. The van der Waals surface area contributed by atoms with Crippen LogP contribution in [0.2, 0.25) is 5.02 Å². The van der Waals surface area contributed by atoms with Gasteiger partial charge in [0.15, 0.2) is 6.04 Å². The van der Waals surface area contributed by atoms with Crippen molar-refractivity contribution in [1.82, 2.24) is 15.1 Å². The Morgan fingerprint density at radius 2 is 1.64 bits per heavy atom. The van der Waals surface area contributed by atoms with E-state index in [1.54, 1.807) is 7.05 Å². The number of nitrogens with two attached hydrogens (primary N) is 1. The van der Waals surface area contributed by atoms with Crippen LogP contribution in [0, 0.1) is 16.7 Å². The number of amides is 3. The van der Waals surface area contributed by atoms with E-state index in [2.05, 4.69) is 49.7 Å². The summed E-state index contributed by atoms with van der Waals surface area (Å²) in [5.74, 6) is -0.361. The first kappa shape index (κ1) is 34.9. The van der Waals surface area contributed by atoms with Crippen molar-refractivity contribution in [3.63, 3.8) is 0 Å². The van der Waals surface area contributed by atoms with Crippen LogP contribution in [-0.2, 0) is 14.4 Å². The molecule has 0 aromatic heterocycles. The van der Waals surface area contributed by atoms with Crippen molar-refractivity contribution >= 4 is 29.3 Å². The van der Waals surface area contributed by atoms with Gasteiger partial charge in [-0.2, -0.15) is 0 Å². The van der Waals surface area contributed by atoms with Crippen LogP contribution in [0.15, 0.2) is 24.3 Å². The number of likely N-dealkylation sites (tertiary alicyclic amines) is 2. The molecule has 1 aliphatic carbocycles. The summed E-state index contributed by atoms with van der Waals surface area (Å²) >= 11 is 6.24. The average Bonchev–Trinajstić information content (AvgIpc) is 3.56. The lowest BCUT2D eigenvalue weighted by molar-refractivity contribution is -0.840. The van der Waals surface area contributed by atoms with E-state index in [9.17, 15) is 14.4 Å². The fourth-order valence-electron chi connectivity index (χ4n) is 7.86. The average molecular weight is 631 g/mol. The van der Waals surface area contributed by atoms with E-state index in [1.807, 2.05) is 45.2 Å².